The average molecular weight is 224 g/mol. The van der Waals surface area contributed by atoms with Crippen molar-refractivity contribution in [3.05, 3.63) is 30.1 Å². The van der Waals surface area contributed by atoms with Gasteiger partial charge in [0.25, 0.3) is 0 Å². The molecule has 0 saturated carbocycles. The Morgan fingerprint density at radius 1 is 1.33 bits per heavy atom. The maximum absolute atomic E-state index is 9.28. The number of pyridine rings is 1. The van der Waals surface area contributed by atoms with Gasteiger partial charge in [0.2, 0.25) is 0 Å². The van der Waals surface area contributed by atoms with E-state index in [-0.39, 0.29) is 17.8 Å². The van der Waals surface area contributed by atoms with E-state index in [9.17, 15) is 5.26 Å². The van der Waals surface area contributed by atoms with Crippen molar-refractivity contribution in [2.45, 2.75) is 18.3 Å². The van der Waals surface area contributed by atoms with Gasteiger partial charge in [-0.25, -0.2) is 0 Å². The van der Waals surface area contributed by atoms with Gasteiger partial charge in [-0.1, -0.05) is 6.07 Å². The summed E-state index contributed by atoms with van der Waals surface area (Å²) >= 11 is 0. The van der Waals surface area contributed by atoms with E-state index in [4.69, 9.17) is 0 Å². The van der Waals surface area contributed by atoms with Crippen molar-refractivity contribution in [2.75, 3.05) is 13.1 Å². The Kier molecular flexibility index (Phi) is 4.07. The summed E-state index contributed by atoms with van der Waals surface area (Å²) in [7, 11) is 0. The van der Waals surface area contributed by atoms with Gasteiger partial charge in [-0.05, 0) is 38.1 Å². The molecule has 0 radical (unpaired) electrons. The largest absolute Gasteiger partial charge is 0.317 e. The summed E-state index contributed by atoms with van der Waals surface area (Å²) in [5, 5.41) is 12.5. The van der Waals surface area contributed by atoms with Crippen LogP contribution in [-0.4, -0.2) is 18.1 Å². The van der Waals surface area contributed by atoms with Crippen molar-refractivity contribution < 1.29 is 0 Å². The fourth-order valence-corrected chi connectivity index (χ4v) is 1.92. The number of nitrogens with zero attached hydrogens (tertiary/aromatic N) is 2. The third kappa shape index (κ3) is 2.28. The molecule has 0 amide bonds. The van der Waals surface area contributed by atoms with Crippen molar-refractivity contribution in [1.29, 1.82) is 5.26 Å². The number of aromatic nitrogens is 1. The van der Waals surface area contributed by atoms with Crippen LogP contribution in [0.25, 0.3) is 0 Å². The minimum atomic E-state index is -0.355. The van der Waals surface area contributed by atoms with Crippen LogP contribution in [0.5, 0.6) is 0 Å². The minimum absolute atomic E-state index is 0. The minimum Gasteiger partial charge on any atom is -0.317 e. The number of piperidine rings is 1. The maximum atomic E-state index is 9.28. The zero-order valence-corrected chi connectivity index (χ0v) is 9.26. The number of nitrogens with one attached hydrogen (secondary N) is 1. The second kappa shape index (κ2) is 5.11. The second-order valence-corrected chi connectivity index (χ2v) is 3.66. The average Bonchev–Trinajstić information content (AvgIpc) is 2.31. The van der Waals surface area contributed by atoms with Crippen LogP contribution in [0.2, 0.25) is 0 Å². The molecule has 1 saturated heterocycles. The van der Waals surface area contributed by atoms with Gasteiger partial charge in [-0.15, -0.1) is 12.4 Å². The molecule has 0 aliphatic carbocycles. The van der Waals surface area contributed by atoms with Crippen LogP contribution in [0.3, 0.4) is 0 Å². The standard InChI is InChI=1S/C11H13N3.ClH/c12-9-11(4-7-13-8-5-11)10-3-1-2-6-14-10;/h1-3,6,13H,4-5,7-8H2;1H. The zero-order valence-electron chi connectivity index (χ0n) is 8.44. The van der Waals surface area contributed by atoms with E-state index in [2.05, 4.69) is 16.4 Å². The molecule has 2 rings (SSSR count). The first-order chi connectivity index (χ1) is 6.87. The van der Waals surface area contributed by atoms with E-state index < -0.39 is 0 Å². The number of rotatable bonds is 1. The fraction of sp³-hybridized carbons (Fsp3) is 0.455. The van der Waals surface area contributed by atoms with Crippen molar-refractivity contribution in [3.8, 4) is 6.07 Å². The fourth-order valence-electron chi connectivity index (χ4n) is 1.92. The van der Waals surface area contributed by atoms with E-state index in [1.807, 2.05) is 18.2 Å². The molecule has 2 heterocycles. The van der Waals surface area contributed by atoms with Crippen LogP contribution < -0.4 is 5.32 Å². The van der Waals surface area contributed by atoms with E-state index in [1.54, 1.807) is 6.20 Å². The highest BCUT2D eigenvalue weighted by Crippen LogP contribution is 2.30. The number of nitriles is 1. The Balaban J connectivity index is 0.00000112. The van der Waals surface area contributed by atoms with Crippen LogP contribution in [0.4, 0.5) is 0 Å². The molecule has 1 aromatic heterocycles. The van der Waals surface area contributed by atoms with Gasteiger partial charge in [0.05, 0.1) is 11.8 Å². The molecule has 80 valence electrons. The molecule has 3 nitrogen and oxygen atoms in total. The molecule has 1 aliphatic rings. The first kappa shape index (κ1) is 12.0. The predicted molar refractivity (Wildman–Crippen MR) is 60.9 cm³/mol. The molecule has 4 heteroatoms. The normalized spacial score (nSPS) is 18.6. The van der Waals surface area contributed by atoms with Gasteiger partial charge in [-0.2, -0.15) is 5.26 Å². The first-order valence-electron chi connectivity index (χ1n) is 4.91. The van der Waals surface area contributed by atoms with E-state index in [0.29, 0.717) is 0 Å². The summed E-state index contributed by atoms with van der Waals surface area (Å²) in [6.45, 7) is 1.81. The summed E-state index contributed by atoms with van der Waals surface area (Å²) in [5.41, 5.74) is 0.566. The smallest absolute Gasteiger partial charge is 0.102 e. The van der Waals surface area contributed by atoms with Crippen molar-refractivity contribution in [2.24, 2.45) is 0 Å². The molecule has 1 aliphatic heterocycles. The molecule has 1 fully saturated rings. The third-order valence-corrected chi connectivity index (χ3v) is 2.83. The van der Waals surface area contributed by atoms with Crippen molar-refractivity contribution in [3.63, 3.8) is 0 Å². The zero-order chi connectivity index (χ0) is 9.86. The van der Waals surface area contributed by atoms with E-state index in [0.717, 1.165) is 31.6 Å². The lowest BCUT2D eigenvalue weighted by molar-refractivity contribution is 0.375. The molecule has 0 atom stereocenters. The summed E-state index contributed by atoms with van der Waals surface area (Å²) in [5.74, 6) is 0. The van der Waals surface area contributed by atoms with Crippen LogP contribution in [-0.2, 0) is 5.41 Å². The molecular formula is C11H14ClN3. The number of hydrogen-bond acceptors (Lipinski definition) is 3. The summed E-state index contributed by atoms with van der Waals surface area (Å²) in [6, 6.07) is 8.22. The maximum Gasteiger partial charge on any atom is 0.102 e. The Morgan fingerprint density at radius 3 is 2.60 bits per heavy atom. The molecule has 15 heavy (non-hydrogen) atoms. The van der Waals surface area contributed by atoms with Gasteiger partial charge >= 0.3 is 0 Å². The lowest BCUT2D eigenvalue weighted by Crippen LogP contribution is -2.39. The monoisotopic (exact) mass is 223 g/mol. The third-order valence-electron chi connectivity index (χ3n) is 2.83. The molecule has 0 unspecified atom stereocenters. The Bertz CT molecular complexity index is 339. The van der Waals surface area contributed by atoms with Crippen LogP contribution in [0, 0.1) is 11.3 Å². The van der Waals surface area contributed by atoms with Gasteiger partial charge in [0.15, 0.2) is 0 Å². The highest BCUT2D eigenvalue weighted by Gasteiger charge is 2.34. The van der Waals surface area contributed by atoms with Gasteiger partial charge < -0.3 is 5.32 Å². The highest BCUT2D eigenvalue weighted by molar-refractivity contribution is 5.85. The Morgan fingerprint density at radius 2 is 2.07 bits per heavy atom. The number of hydrogen-bond donors (Lipinski definition) is 1. The lowest BCUT2D eigenvalue weighted by Gasteiger charge is -2.30. The summed E-state index contributed by atoms with van der Waals surface area (Å²) in [4.78, 5) is 4.30. The second-order valence-electron chi connectivity index (χ2n) is 3.66. The molecule has 0 aromatic carbocycles. The first-order valence-corrected chi connectivity index (χ1v) is 4.91. The lowest BCUT2D eigenvalue weighted by atomic mass is 9.77. The van der Waals surface area contributed by atoms with Gasteiger partial charge in [-0.3, -0.25) is 4.98 Å². The SMILES string of the molecule is Cl.N#CC1(c2ccccn2)CCNCC1. The van der Waals surface area contributed by atoms with Crippen molar-refractivity contribution in [1.82, 2.24) is 10.3 Å². The summed E-state index contributed by atoms with van der Waals surface area (Å²) in [6.07, 6.45) is 3.48. The molecular weight excluding hydrogens is 210 g/mol. The quantitative estimate of drug-likeness (QED) is 0.788. The van der Waals surface area contributed by atoms with E-state index in [1.165, 1.54) is 0 Å². The predicted octanol–water partition coefficient (Wildman–Crippen LogP) is 1.65. The highest BCUT2D eigenvalue weighted by atomic mass is 35.5. The van der Waals surface area contributed by atoms with Gasteiger partial charge in [0, 0.05) is 6.20 Å². The number of halogens is 1. The van der Waals surface area contributed by atoms with Crippen LogP contribution in [0.1, 0.15) is 18.5 Å². The Hall–Kier alpha value is -1.11. The van der Waals surface area contributed by atoms with E-state index >= 15 is 0 Å². The molecule has 0 bridgehead atoms. The summed E-state index contributed by atoms with van der Waals surface area (Å²) < 4.78 is 0. The molecule has 1 aromatic rings. The van der Waals surface area contributed by atoms with Gasteiger partial charge in [0.1, 0.15) is 5.41 Å². The Labute approximate surface area is 95.9 Å². The topological polar surface area (TPSA) is 48.7 Å². The van der Waals surface area contributed by atoms with Crippen molar-refractivity contribution >= 4 is 12.4 Å². The molecule has 1 N–H and O–H groups in total. The molecule has 0 spiro atoms. The van der Waals surface area contributed by atoms with Crippen LogP contribution >= 0.6 is 12.4 Å². The van der Waals surface area contributed by atoms with Crippen LogP contribution in [0.15, 0.2) is 24.4 Å².